The minimum absolute atomic E-state index is 0.187. The van der Waals surface area contributed by atoms with Gasteiger partial charge in [0.25, 0.3) is 5.56 Å². The smallest absolute Gasteiger partial charge is 0.409 e. The van der Waals surface area contributed by atoms with Crippen LogP contribution >= 0.6 is 11.6 Å². The molecule has 0 saturated heterocycles. The van der Waals surface area contributed by atoms with Crippen molar-refractivity contribution >= 4 is 23.4 Å². The number of halogens is 1. The molecule has 12 nitrogen and oxygen atoms in total. The Bertz CT molecular complexity index is 1610. The summed E-state index contributed by atoms with van der Waals surface area (Å²) in [7, 11) is 0. The van der Waals surface area contributed by atoms with E-state index in [-0.39, 0.29) is 12.1 Å². The lowest BCUT2D eigenvalue weighted by atomic mass is 10.1. The molecule has 3 N–H and O–H groups in total. The van der Waals surface area contributed by atoms with Crippen molar-refractivity contribution in [3.8, 4) is 28.2 Å². The number of hydrogen-bond donors (Lipinski definition) is 3. The summed E-state index contributed by atoms with van der Waals surface area (Å²) in [6.45, 7) is 1.93. The summed E-state index contributed by atoms with van der Waals surface area (Å²) in [5.41, 5.74) is 3.43. The van der Waals surface area contributed by atoms with Gasteiger partial charge in [0.1, 0.15) is 18.0 Å². The third-order valence-corrected chi connectivity index (χ3v) is 5.65. The molecule has 5 aromatic rings. The van der Waals surface area contributed by atoms with E-state index in [2.05, 4.69) is 35.8 Å². The van der Waals surface area contributed by atoms with Gasteiger partial charge < -0.3 is 10.1 Å². The number of aromatic nitrogens is 8. The highest BCUT2D eigenvalue weighted by atomic mass is 35.5. The van der Waals surface area contributed by atoms with Crippen LogP contribution in [0.15, 0.2) is 65.8 Å². The first-order valence-corrected chi connectivity index (χ1v) is 11.0. The number of nitrogens with zero attached hydrogens (tertiary/aromatic N) is 7. The number of imidazole rings is 1. The first-order chi connectivity index (χ1) is 17.4. The van der Waals surface area contributed by atoms with E-state index < -0.39 is 6.09 Å². The van der Waals surface area contributed by atoms with Crippen molar-refractivity contribution in [3.05, 3.63) is 88.1 Å². The number of H-pyrrole nitrogens is 1. The number of aromatic amines is 1. The van der Waals surface area contributed by atoms with E-state index in [0.29, 0.717) is 39.3 Å². The maximum atomic E-state index is 13.1. The minimum Gasteiger partial charge on any atom is -0.465 e. The van der Waals surface area contributed by atoms with Crippen LogP contribution in [0.1, 0.15) is 11.6 Å². The zero-order chi connectivity index (χ0) is 25.2. The zero-order valence-electron chi connectivity index (χ0n) is 18.8. The molecule has 0 aliphatic rings. The third kappa shape index (κ3) is 4.70. The van der Waals surface area contributed by atoms with E-state index in [0.717, 1.165) is 11.3 Å². The summed E-state index contributed by atoms with van der Waals surface area (Å²) in [5.74, 6) is 1.05. The van der Waals surface area contributed by atoms with Gasteiger partial charge in [0.2, 0.25) is 0 Å². The van der Waals surface area contributed by atoms with Crippen LogP contribution < -0.4 is 10.9 Å². The van der Waals surface area contributed by atoms with Gasteiger partial charge in [0.15, 0.2) is 0 Å². The van der Waals surface area contributed by atoms with Crippen molar-refractivity contribution in [1.82, 2.24) is 39.7 Å². The van der Waals surface area contributed by atoms with Crippen LogP contribution in [0.25, 0.3) is 28.2 Å². The van der Waals surface area contributed by atoms with Crippen LogP contribution in [0.5, 0.6) is 0 Å². The molecule has 3 heterocycles. The number of carboxylic acid groups (broad SMARTS) is 1. The summed E-state index contributed by atoms with van der Waals surface area (Å²) in [6, 6.07) is 13.4. The third-order valence-electron chi connectivity index (χ3n) is 5.41. The molecule has 3 aromatic heterocycles. The molecule has 0 spiro atoms. The Kier molecular flexibility index (Phi) is 6.00. The number of amides is 1. The highest BCUT2D eigenvalue weighted by molar-refractivity contribution is 6.31. The molecule has 13 heteroatoms. The fourth-order valence-electron chi connectivity index (χ4n) is 3.73. The SMILES string of the molecule is Cc1nc(-c2cc(Cl)ccc2-n2cnnn2)cc(=O)n1Cc1ncc(-c2ccc(NC(=O)O)cc2)[nH]1. The summed E-state index contributed by atoms with van der Waals surface area (Å²) >= 11 is 6.22. The molecule has 0 aliphatic heterocycles. The Hall–Kier alpha value is -4.84. The molecule has 0 bridgehead atoms. The molecule has 5 rings (SSSR count). The Morgan fingerprint density at radius 2 is 1.97 bits per heavy atom. The van der Waals surface area contributed by atoms with Gasteiger partial charge in [-0.15, -0.1) is 5.10 Å². The Labute approximate surface area is 208 Å². The van der Waals surface area contributed by atoms with Gasteiger partial charge in [0, 0.05) is 22.3 Å². The number of nitrogens with one attached hydrogen (secondary N) is 2. The lowest BCUT2D eigenvalue weighted by Crippen LogP contribution is -2.24. The molecule has 36 heavy (non-hydrogen) atoms. The topological polar surface area (TPSA) is 156 Å². The van der Waals surface area contributed by atoms with Crippen LogP contribution in [0.2, 0.25) is 5.02 Å². The molecular formula is C23H18ClN9O3. The van der Waals surface area contributed by atoms with Crippen LogP contribution in [-0.2, 0) is 6.54 Å². The number of aryl methyl sites for hydroxylation is 1. The second-order valence-corrected chi connectivity index (χ2v) is 8.22. The summed E-state index contributed by atoms with van der Waals surface area (Å²) in [5, 5.41) is 22.9. The van der Waals surface area contributed by atoms with Crippen LogP contribution in [0.3, 0.4) is 0 Å². The maximum Gasteiger partial charge on any atom is 0.409 e. The van der Waals surface area contributed by atoms with E-state index in [1.807, 2.05) is 0 Å². The quantitative estimate of drug-likeness (QED) is 0.318. The van der Waals surface area contributed by atoms with Gasteiger partial charge in [-0.1, -0.05) is 23.7 Å². The number of tetrazole rings is 1. The van der Waals surface area contributed by atoms with E-state index >= 15 is 0 Å². The first-order valence-electron chi connectivity index (χ1n) is 10.6. The normalized spacial score (nSPS) is 10.9. The molecule has 0 saturated carbocycles. The minimum atomic E-state index is -1.13. The van der Waals surface area contributed by atoms with Gasteiger partial charge >= 0.3 is 6.09 Å². The summed E-state index contributed by atoms with van der Waals surface area (Å²) in [6.07, 6.45) is 1.97. The average Bonchev–Trinajstić information content (AvgIpc) is 3.54. The second kappa shape index (κ2) is 9.43. The Morgan fingerprint density at radius 3 is 2.67 bits per heavy atom. The molecule has 0 unspecified atom stereocenters. The van der Waals surface area contributed by atoms with Gasteiger partial charge in [-0.05, 0) is 53.2 Å². The van der Waals surface area contributed by atoms with E-state index in [1.54, 1.807) is 55.6 Å². The second-order valence-electron chi connectivity index (χ2n) is 7.78. The highest BCUT2D eigenvalue weighted by Crippen LogP contribution is 2.27. The number of rotatable bonds is 6. The van der Waals surface area contributed by atoms with Crippen LogP contribution in [0, 0.1) is 6.92 Å². The van der Waals surface area contributed by atoms with Crippen LogP contribution in [-0.4, -0.2) is 50.9 Å². The number of carbonyl (C=O) groups is 1. The van der Waals surface area contributed by atoms with Crippen LogP contribution in [0.4, 0.5) is 10.5 Å². The monoisotopic (exact) mass is 503 g/mol. The predicted octanol–water partition coefficient (Wildman–Crippen LogP) is 3.38. The molecular weight excluding hydrogens is 486 g/mol. The highest BCUT2D eigenvalue weighted by Gasteiger charge is 2.15. The van der Waals surface area contributed by atoms with Crippen molar-refractivity contribution in [1.29, 1.82) is 0 Å². The lowest BCUT2D eigenvalue weighted by molar-refractivity contribution is 0.209. The van der Waals surface area contributed by atoms with Crippen molar-refractivity contribution in [2.75, 3.05) is 5.32 Å². The molecule has 0 radical (unpaired) electrons. The Morgan fingerprint density at radius 1 is 1.17 bits per heavy atom. The number of benzene rings is 2. The van der Waals surface area contributed by atoms with E-state index in [1.165, 1.54) is 21.6 Å². The Balaban J connectivity index is 1.42. The van der Waals surface area contributed by atoms with Gasteiger partial charge in [-0.3, -0.25) is 14.7 Å². The van der Waals surface area contributed by atoms with Crippen molar-refractivity contribution in [2.24, 2.45) is 0 Å². The predicted molar refractivity (Wildman–Crippen MR) is 131 cm³/mol. The molecule has 0 fully saturated rings. The number of hydrogen-bond acceptors (Lipinski definition) is 7. The largest absolute Gasteiger partial charge is 0.465 e. The maximum absolute atomic E-state index is 13.1. The fraction of sp³-hybridized carbons (Fsp3) is 0.0870. The molecule has 0 atom stereocenters. The average molecular weight is 504 g/mol. The lowest BCUT2D eigenvalue weighted by Gasteiger charge is -2.12. The summed E-state index contributed by atoms with van der Waals surface area (Å²) < 4.78 is 2.98. The summed E-state index contributed by atoms with van der Waals surface area (Å²) in [4.78, 5) is 36.1. The first kappa shape index (κ1) is 22.9. The number of anilines is 1. The van der Waals surface area contributed by atoms with Crippen molar-refractivity contribution < 1.29 is 9.90 Å². The standard InChI is InChI=1S/C23H18ClN9O3/c1-13-27-18(17-8-15(24)4-7-20(17)33-12-26-30-31-33)9-22(34)32(13)11-21-25-10-19(29-21)14-2-5-16(6-3-14)28-23(35)36/h2-10,12,28H,11H2,1H3,(H,25,29)(H,35,36). The van der Waals surface area contributed by atoms with Gasteiger partial charge in [-0.25, -0.2) is 14.8 Å². The molecule has 1 amide bonds. The van der Waals surface area contributed by atoms with Gasteiger partial charge in [0.05, 0.1) is 29.8 Å². The van der Waals surface area contributed by atoms with Crippen molar-refractivity contribution in [3.63, 3.8) is 0 Å². The molecule has 0 aliphatic carbocycles. The van der Waals surface area contributed by atoms with E-state index in [9.17, 15) is 9.59 Å². The zero-order valence-corrected chi connectivity index (χ0v) is 19.5. The van der Waals surface area contributed by atoms with Crippen molar-refractivity contribution in [2.45, 2.75) is 13.5 Å². The van der Waals surface area contributed by atoms with E-state index in [4.69, 9.17) is 16.7 Å². The fourth-order valence-corrected chi connectivity index (χ4v) is 3.90. The molecule has 180 valence electrons. The van der Waals surface area contributed by atoms with Gasteiger partial charge in [-0.2, -0.15) is 4.68 Å². The molecule has 2 aromatic carbocycles.